The lowest BCUT2D eigenvalue weighted by atomic mass is 9.95. The molecule has 1 aliphatic rings. The summed E-state index contributed by atoms with van der Waals surface area (Å²) >= 11 is 0. The molecule has 2 aromatic rings. The van der Waals surface area contributed by atoms with Gasteiger partial charge in [0.15, 0.2) is 17.6 Å². The number of phenols is 2. The predicted molar refractivity (Wildman–Crippen MR) is 74.6 cm³/mol. The van der Waals surface area contributed by atoms with Gasteiger partial charge in [-0.15, -0.1) is 0 Å². The highest BCUT2D eigenvalue weighted by molar-refractivity contribution is 6.01. The SMILES string of the molecule is O=C1OC(c2cccc(O)c2O)C(c2ccccc2)=C1O. The zero-order valence-corrected chi connectivity index (χ0v) is 10.9. The van der Waals surface area contributed by atoms with Gasteiger partial charge in [-0.2, -0.15) is 0 Å². The number of rotatable bonds is 2. The maximum Gasteiger partial charge on any atom is 0.374 e. The van der Waals surface area contributed by atoms with Gasteiger partial charge in [0.2, 0.25) is 5.76 Å². The molecule has 0 saturated heterocycles. The van der Waals surface area contributed by atoms with Gasteiger partial charge in [-0.05, 0) is 11.6 Å². The predicted octanol–water partition coefficient (Wildman–Crippen LogP) is 2.67. The summed E-state index contributed by atoms with van der Waals surface area (Å²) in [7, 11) is 0. The average Bonchev–Trinajstić information content (AvgIpc) is 2.78. The van der Waals surface area contributed by atoms with Crippen molar-refractivity contribution in [1.29, 1.82) is 0 Å². The summed E-state index contributed by atoms with van der Waals surface area (Å²) in [5.41, 5.74) is 1.08. The molecule has 0 aliphatic carbocycles. The molecule has 5 heteroatoms. The molecule has 106 valence electrons. The number of cyclic esters (lactones) is 1. The largest absolute Gasteiger partial charge is 0.504 e. The van der Waals surface area contributed by atoms with Gasteiger partial charge in [0.1, 0.15) is 0 Å². The van der Waals surface area contributed by atoms with Crippen LogP contribution in [0, 0.1) is 0 Å². The van der Waals surface area contributed by atoms with E-state index < -0.39 is 17.8 Å². The lowest BCUT2D eigenvalue weighted by Crippen LogP contribution is -2.03. The Labute approximate surface area is 120 Å². The first kappa shape index (κ1) is 13.1. The average molecular weight is 284 g/mol. The van der Waals surface area contributed by atoms with E-state index in [0.29, 0.717) is 5.56 Å². The van der Waals surface area contributed by atoms with Crippen LogP contribution >= 0.6 is 0 Å². The molecule has 2 aromatic carbocycles. The number of esters is 1. The highest BCUT2D eigenvalue weighted by atomic mass is 16.6. The van der Waals surface area contributed by atoms with Gasteiger partial charge in [-0.25, -0.2) is 4.79 Å². The molecule has 0 spiro atoms. The number of hydrogen-bond acceptors (Lipinski definition) is 5. The molecule has 0 bridgehead atoms. The minimum Gasteiger partial charge on any atom is -0.504 e. The Balaban J connectivity index is 2.15. The fourth-order valence-electron chi connectivity index (χ4n) is 2.34. The van der Waals surface area contributed by atoms with Gasteiger partial charge in [-0.1, -0.05) is 42.5 Å². The van der Waals surface area contributed by atoms with E-state index in [0.717, 1.165) is 0 Å². The molecule has 21 heavy (non-hydrogen) atoms. The molecule has 1 unspecified atom stereocenters. The quantitative estimate of drug-likeness (QED) is 0.583. The van der Waals surface area contributed by atoms with E-state index in [2.05, 4.69) is 0 Å². The molecular weight excluding hydrogens is 272 g/mol. The van der Waals surface area contributed by atoms with Crippen LogP contribution in [0.4, 0.5) is 0 Å². The number of hydrogen-bond donors (Lipinski definition) is 3. The van der Waals surface area contributed by atoms with Crippen molar-refractivity contribution in [2.75, 3.05) is 0 Å². The van der Waals surface area contributed by atoms with E-state index in [1.54, 1.807) is 30.3 Å². The zero-order valence-electron chi connectivity index (χ0n) is 10.9. The Bertz CT molecular complexity index is 734. The molecule has 3 rings (SSSR count). The zero-order chi connectivity index (χ0) is 15.0. The normalized spacial score (nSPS) is 17.9. The first-order valence-electron chi connectivity index (χ1n) is 6.30. The van der Waals surface area contributed by atoms with Gasteiger partial charge in [0.25, 0.3) is 0 Å². The molecule has 1 aliphatic heterocycles. The van der Waals surface area contributed by atoms with Gasteiger partial charge < -0.3 is 20.1 Å². The van der Waals surface area contributed by atoms with Crippen molar-refractivity contribution in [2.45, 2.75) is 6.10 Å². The van der Waals surface area contributed by atoms with Crippen LogP contribution in [0.3, 0.4) is 0 Å². The number of aromatic hydroxyl groups is 2. The van der Waals surface area contributed by atoms with Crippen LogP contribution in [-0.2, 0) is 9.53 Å². The number of ether oxygens (including phenoxy) is 1. The van der Waals surface area contributed by atoms with Crippen molar-refractivity contribution < 1.29 is 24.9 Å². The van der Waals surface area contributed by atoms with Crippen molar-refractivity contribution in [2.24, 2.45) is 0 Å². The Morgan fingerprint density at radius 2 is 1.62 bits per heavy atom. The standard InChI is InChI=1S/C16H12O5/c17-11-8-4-7-10(13(11)18)15-12(14(19)16(20)21-15)9-5-2-1-3-6-9/h1-8,15,17-19H. The lowest BCUT2D eigenvalue weighted by molar-refractivity contribution is -0.142. The van der Waals surface area contributed by atoms with Gasteiger partial charge in [0.05, 0.1) is 5.57 Å². The van der Waals surface area contributed by atoms with E-state index in [1.807, 2.05) is 0 Å². The highest BCUT2D eigenvalue weighted by Crippen LogP contribution is 2.45. The molecular formula is C16H12O5. The second kappa shape index (κ2) is 4.86. The number of aliphatic hydroxyl groups is 1. The number of para-hydroxylation sites is 1. The third kappa shape index (κ3) is 2.08. The van der Waals surface area contributed by atoms with Crippen LogP contribution in [0.25, 0.3) is 5.57 Å². The molecule has 0 aromatic heterocycles. The molecule has 5 nitrogen and oxygen atoms in total. The first-order valence-corrected chi connectivity index (χ1v) is 6.30. The van der Waals surface area contributed by atoms with Crippen LogP contribution in [-0.4, -0.2) is 21.3 Å². The van der Waals surface area contributed by atoms with Crippen LogP contribution in [0.15, 0.2) is 54.3 Å². The summed E-state index contributed by atoms with van der Waals surface area (Å²) < 4.78 is 5.13. The third-order valence-corrected chi connectivity index (χ3v) is 3.35. The number of phenolic OH excluding ortho intramolecular Hbond substituents is 2. The molecule has 0 fully saturated rings. The van der Waals surface area contributed by atoms with Crippen LogP contribution in [0.5, 0.6) is 11.5 Å². The number of carbonyl (C=O) groups excluding carboxylic acids is 1. The second-order valence-corrected chi connectivity index (χ2v) is 4.63. The van der Waals surface area contributed by atoms with Crippen molar-refractivity contribution in [3.05, 3.63) is 65.4 Å². The fourth-order valence-corrected chi connectivity index (χ4v) is 2.34. The van der Waals surface area contributed by atoms with Crippen LogP contribution in [0.2, 0.25) is 0 Å². The fraction of sp³-hybridized carbons (Fsp3) is 0.0625. The summed E-state index contributed by atoms with van der Waals surface area (Å²) in [5.74, 6) is -2.05. The summed E-state index contributed by atoms with van der Waals surface area (Å²) in [6.45, 7) is 0. The van der Waals surface area contributed by atoms with E-state index in [1.165, 1.54) is 18.2 Å². The summed E-state index contributed by atoms with van der Waals surface area (Å²) in [5, 5.41) is 29.5. The summed E-state index contributed by atoms with van der Waals surface area (Å²) in [4.78, 5) is 11.7. The first-order chi connectivity index (χ1) is 10.1. The minimum atomic E-state index is -0.966. The van der Waals surface area contributed by atoms with Gasteiger partial charge in [-0.3, -0.25) is 0 Å². The minimum absolute atomic E-state index is 0.214. The Morgan fingerprint density at radius 1 is 0.905 bits per heavy atom. The lowest BCUT2D eigenvalue weighted by Gasteiger charge is -2.16. The Hall–Kier alpha value is -2.95. The van der Waals surface area contributed by atoms with E-state index in [9.17, 15) is 20.1 Å². The second-order valence-electron chi connectivity index (χ2n) is 4.63. The Kier molecular flexibility index (Phi) is 3.02. The van der Waals surface area contributed by atoms with E-state index >= 15 is 0 Å². The number of aliphatic hydroxyl groups excluding tert-OH is 1. The maximum absolute atomic E-state index is 11.7. The molecule has 1 atom stereocenters. The smallest absolute Gasteiger partial charge is 0.374 e. The van der Waals surface area contributed by atoms with Gasteiger partial charge in [0, 0.05) is 5.56 Å². The monoisotopic (exact) mass is 284 g/mol. The summed E-state index contributed by atoms with van der Waals surface area (Å²) in [6, 6.07) is 13.1. The molecule has 3 N–H and O–H groups in total. The van der Waals surface area contributed by atoms with Gasteiger partial charge >= 0.3 is 5.97 Å². The van der Waals surface area contributed by atoms with E-state index in [-0.39, 0.29) is 22.6 Å². The van der Waals surface area contributed by atoms with Crippen molar-refractivity contribution in [1.82, 2.24) is 0 Å². The Morgan fingerprint density at radius 3 is 2.33 bits per heavy atom. The number of carbonyl (C=O) groups is 1. The van der Waals surface area contributed by atoms with Crippen molar-refractivity contribution >= 4 is 11.5 Å². The van der Waals surface area contributed by atoms with Crippen LogP contribution < -0.4 is 0 Å². The molecule has 1 heterocycles. The maximum atomic E-state index is 11.7. The molecule has 0 amide bonds. The topological polar surface area (TPSA) is 87.0 Å². The molecule has 0 saturated carbocycles. The number of benzene rings is 2. The van der Waals surface area contributed by atoms with E-state index in [4.69, 9.17) is 4.74 Å². The van der Waals surface area contributed by atoms with Crippen molar-refractivity contribution in [3.8, 4) is 11.5 Å². The summed E-state index contributed by atoms with van der Waals surface area (Å²) in [6.07, 6.45) is -0.966. The van der Waals surface area contributed by atoms with Crippen LogP contribution in [0.1, 0.15) is 17.2 Å². The molecule has 0 radical (unpaired) electrons. The third-order valence-electron chi connectivity index (χ3n) is 3.35. The van der Waals surface area contributed by atoms with Crippen molar-refractivity contribution in [3.63, 3.8) is 0 Å². The highest BCUT2D eigenvalue weighted by Gasteiger charge is 2.37.